The first-order valence-electron chi connectivity index (χ1n) is 6.42. The van der Waals surface area contributed by atoms with E-state index in [1.165, 1.54) is 0 Å². The normalized spacial score (nSPS) is 11.5. The first kappa shape index (κ1) is 13.1. The summed E-state index contributed by atoms with van der Waals surface area (Å²) in [6.45, 7) is 3.54. The highest BCUT2D eigenvalue weighted by molar-refractivity contribution is 5.77. The van der Waals surface area contributed by atoms with Crippen molar-refractivity contribution in [3.63, 3.8) is 0 Å². The number of aromatic nitrogens is 2. The molecule has 0 aliphatic carbocycles. The van der Waals surface area contributed by atoms with E-state index in [1.54, 1.807) is 6.20 Å². The first-order valence-corrected chi connectivity index (χ1v) is 6.42. The van der Waals surface area contributed by atoms with Crippen LogP contribution in [-0.4, -0.2) is 22.7 Å². The molecule has 2 rings (SSSR count). The monoisotopic (exact) mass is 257 g/mol. The van der Waals surface area contributed by atoms with Crippen LogP contribution in [0.15, 0.2) is 41.5 Å². The minimum absolute atomic E-state index is 0.500. The van der Waals surface area contributed by atoms with Gasteiger partial charge in [-0.25, -0.2) is 4.99 Å². The van der Waals surface area contributed by atoms with Crippen LogP contribution < -0.4 is 11.1 Å². The number of guanidine groups is 1. The molecular weight excluding hydrogens is 238 g/mol. The third kappa shape index (κ3) is 3.84. The van der Waals surface area contributed by atoms with Gasteiger partial charge in [0.25, 0.3) is 0 Å². The molecule has 0 saturated carbocycles. The van der Waals surface area contributed by atoms with Crippen LogP contribution in [0.5, 0.6) is 0 Å². The molecule has 2 aromatic rings. The van der Waals surface area contributed by atoms with Crippen LogP contribution in [0.25, 0.3) is 11.3 Å². The Morgan fingerprint density at radius 3 is 2.74 bits per heavy atom. The molecule has 5 nitrogen and oxygen atoms in total. The summed E-state index contributed by atoms with van der Waals surface area (Å²) in [4.78, 5) is 4.29. The van der Waals surface area contributed by atoms with Crippen LogP contribution in [0.4, 0.5) is 0 Å². The highest BCUT2D eigenvalue weighted by atomic mass is 15.1. The Morgan fingerprint density at radius 1 is 1.32 bits per heavy atom. The average Bonchev–Trinajstić information content (AvgIpc) is 2.97. The zero-order chi connectivity index (χ0) is 13.5. The predicted molar refractivity (Wildman–Crippen MR) is 77.6 cm³/mol. The largest absolute Gasteiger partial charge is 0.370 e. The van der Waals surface area contributed by atoms with Gasteiger partial charge in [0, 0.05) is 12.7 Å². The summed E-state index contributed by atoms with van der Waals surface area (Å²) in [5.41, 5.74) is 9.00. The minimum atomic E-state index is 0.500. The molecule has 0 amide bonds. The summed E-state index contributed by atoms with van der Waals surface area (Å²) in [5.74, 6) is 0.500. The summed E-state index contributed by atoms with van der Waals surface area (Å²) in [6, 6.07) is 10.1. The molecule has 0 aliphatic heterocycles. The number of nitrogens with zero attached hydrogens (tertiary/aromatic N) is 2. The van der Waals surface area contributed by atoms with Crippen molar-refractivity contribution in [1.29, 1.82) is 0 Å². The van der Waals surface area contributed by atoms with Crippen LogP contribution in [-0.2, 0) is 6.54 Å². The van der Waals surface area contributed by atoms with Gasteiger partial charge in [0.15, 0.2) is 5.96 Å². The van der Waals surface area contributed by atoms with Gasteiger partial charge in [0.05, 0.1) is 12.2 Å². The van der Waals surface area contributed by atoms with Crippen molar-refractivity contribution in [2.45, 2.75) is 19.9 Å². The highest BCUT2D eigenvalue weighted by Gasteiger charge is 1.99. The molecule has 19 heavy (non-hydrogen) atoms. The standard InChI is InChI=1S/C14H19N5/c1-2-8-16-14(15)17-10-11-3-5-12(6-4-11)13-7-9-18-19-13/h3-7,9H,2,8,10H2,1H3,(H,18,19)(H3,15,16,17). The molecule has 0 atom stereocenters. The van der Waals surface area contributed by atoms with Crippen LogP contribution in [0.1, 0.15) is 18.9 Å². The lowest BCUT2D eigenvalue weighted by molar-refractivity contribution is 0.825. The van der Waals surface area contributed by atoms with E-state index in [0.717, 1.165) is 29.8 Å². The molecule has 100 valence electrons. The number of H-pyrrole nitrogens is 1. The van der Waals surface area contributed by atoms with Crippen LogP contribution in [0.3, 0.4) is 0 Å². The van der Waals surface area contributed by atoms with Gasteiger partial charge < -0.3 is 11.1 Å². The second kappa shape index (κ2) is 6.58. The van der Waals surface area contributed by atoms with E-state index in [0.29, 0.717) is 12.5 Å². The SMILES string of the molecule is CCCNC(N)=NCc1ccc(-c2ccn[nH]2)cc1. The molecule has 1 aromatic carbocycles. The Kier molecular flexibility index (Phi) is 4.55. The fourth-order valence-corrected chi connectivity index (χ4v) is 1.69. The molecular formula is C14H19N5. The summed E-state index contributed by atoms with van der Waals surface area (Å²) >= 11 is 0. The predicted octanol–water partition coefficient (Wildman–Crippen LogP) is 1.89. The van der Waals surface area contributed by atoms with Gasteiger partial charge >= 0.3 is 0 Å². The zero-order valence-electron chi connectivity index (χ0n) is 11.1. The van der Waals surface area contributed by atoms with Gasteiger partial charge in [0.2, 0.25) is 0 Å². The quantitative estimate of drug-likeness (QED) is 0.565. The smallest absolute Gasteiger partial charge is 0.188 e. The fourth-order valence-electron chi connectivity index (χ4n) is 1.69. The Labute approximate surface area is 112 Å². The molecule has 1 aromatic heterocycles. The van der Waals surface area contributed by atoms with E-state index < -0.39 is 0 Å². The van der Waals surface area contributed by atoms with Gasteiger partial charge in [-0.05, 0) is 23.6 Å². The number of aromatic amines is 1. The van der Waals surface area contributed by atoms with Crippen LogP contribution >= 0.6 is 0 Å². The van der Waals surface area contributed by atoms with E-state index >= 15 is 0 Å². The Hall–Kier alpha value is -2.30. The third-order valence-corrected chi connectivity index (χ3v) is 2.75. The zero-order valence-corrected chi connectivity index (χ0v) is 11.1. The lowest BCUT2D eigenvalue weighted by atomic mass is 10.1. The maximum absolute atomic E-state index is 5.74. The summed E-state index contributed by atoms with van der Waals surface area (Å²) in [7, 11) is 0. The average molecular weight is 257 g/mol. The van der Waals surface area contributed by atoms with Crippen molar-refractivity contribution in [2.75, 3.05) is 6.54 Å². The van der Waals surface area contributed by atoms with E-state index in [1.807, 2.05) is 30.3 Å². The van der Waals surface area contributed by atoms with Crippen molar-refractivity contribution < 1.29 is 0 Å². The summed E-state index contributed by atoms with van der Waals surface area (Å²) in [6.07, 6.45) is 2.78. The lowest BCUT2D eigenvalue weighted by Gasteiger charge is -2.04. The maximum Gasteiger partial charge on any atom is 0.188 e. The van der Waals surface area contributed by atoms with Gasteiger partial charge in [-0.2, -0.15) is 5.10 Å². The van der Waals surface area contributed by atoms with E-state index in [9.17, 15) is 0 Å². The Bertz CT molecular complexity index is 513. The molecule has 0 unspecified atom stereocenters. The molecule has 0 radical (unpaired) electrons. The number of nitrogens with two attached hydrogens (primary N) is 1. The van der Waals surface area contributed by atoms with Crippen LogP contribution in [0.2, 0.25) is 0 Å². The molecule has 0 aliphatic rings. The Balaban J connectivity index is 1.95. The number of hydrogen-bond donors (Lipinski definition) is 3. The molecule has 0 saturated heterocycles. The van der Waals surface area contributed by atoms with Crippen molar-refractivity contribution in [3.05, 3.63) is 42.1 Å². The second-order valence-corrected chi connectivity index (χ2v) is 4.30. The second-order valence-electron chi connectivity index (χ2n) is 4.30. The number of aliphatic imine (C=N–C) groups is 1. The van der Waals surface area contributed by atoms with Gasteiger partial charge in [-0.1, -0.05) is 31.2 Å². The summed E-state index contributed by atoms with van der Waals surface area (Å²) in [5, 5.41) is 9.93. The maximum atomic E-state index is 5.74. The van der Waals surface area contributed by atoms with E-state index in [4.69, 9.17) is 5.73 Å². The molecule has 0 fully saturated rings. The van der Waals surface area contributed by atoms with Crippen molar-refractivity contribution in [1.82, 2.24) is 15.5 Å². The third-order valence-electron chi connectivity index (χ3n) is 2.75. The van der Waals surface area contributed by atoms with Gasteiger partial charge in [-0.15, -0.1) is 0 Å². The molecule has 0 bridgehead atoms. The topological polar surface area (TPSA) is 79.1 Å². The minimum Gasteiger partial charge on any atom is -0.370 e. The Morgan fingerprint density at radius 2 is 2.11 bits per heavy atom. The van der Waals surface area contributed by atoms with Crippen LogP contribution in [0, 0.1) is 0 Å². The number of hydrogen-bond acceptors (Lipinski definition) is 2. The summed E-state index contributed by atoms with van der Waals surface area (Å²) < 4.78 is 0. The van der Waals surface area contributed by atoms with Crippen molar-refractivity contribution in [2.24, 2.45) is 10.7 Å². The van der Waals surface area contributed by atoms with Crippen molar-refractivity contribution in [3.8, 4) is 11.3 Å². The van der Waals surface area contributed by atoms with Gasteiger partial charge in [-0.3, -0.25) is 5.10 Å². The fraction of sp³-hybridized carbons (Fsp3) is 0.286. The van der Waals surface area contributed by atoms with Gasteiger partial charge in [0.1, 0.15) is 0 Å². The molecule has 0 spiro atoms. The number of rotatable bonds is 5. The first-order chi connectivity index (χ1) is 9.29. The van der Waals surface area contributed by atoms with Crippen molar-refractivity contribution >= 4 is 5.96 Å². The number of benzene rings is 1. The lowest BCUT2D eigenvalue weighted by Crippen LogP contribution is -2.32. The molecule has 4 N–H and O–H groups in total. The van der Waals surface area contributed by atoms with E-state index in [-0.39, 0.29) is 0 Å². The molecule has 1 heterocycles. The highest BCUT2D eigenvalue weighted by Crippen LogP contribution is 2.16. The number of nitrogens with one attached hydrogen (secondary N) is 2. The molecule has 5 heteroatoms. The van der Waals surface area contributed by atoms with E-state index in [2.05, 4.69) is 27.4 Å².